The van der Waals surface area contributed by atoms with Gasteiger partial charge in [0, 0.05) is 25.2 Å². The maximum atomic E-state index is 12.3. The van der Waals surface area contributed by atoms with Gasteiger partial charge in [0.15, 0.2) is 0 Å². The molecule has 0 radical (unpaired) electrons. The molecular formula is C12H22N2O2. The third-order valence-electron chi connectivity index (χ3n) is 3.60. The minimum atomic E-state index is 0.0859. The molecule has 0 spiro atoms. The lowest BCUT2D eigenvalue weighted by Gasteiger charge is -2.38. The van der Waals surface area contributed by atoms with Crippen LogP contribution in [-0.2, 0) is 9.53 Å². The molecule has 2 heterocycles. The largest absolute Gasteiger partial charge is 0.378 e. The van der Waals surface area contributed by atoms with Crippen LogP contribution in [0, 0.1) is 5.92 Å². The Morgan fingerprint density at radius 2 is 2.12 bits per heavy atom. The summed E-state index contributed by atoms with van der Waals surface area (Å²) in [5.74, 6) is 0.368. The summed E-state index contributed by atoms with van der Waals surface area (Å²) in [7, 11) is 0. The number of nitrogens with zero attached hydrogens (tertiary/aromatic N) is 1. The zero-order valence-corrected chi connectivity index (χ0v) is 10.4. The van der Waals surface area contributed by atoms with E-state index in [0.29, 0.717) is 18.7 Å². The van der Waals surface area contributed by atoms with Crippen LogP contribution in [0.2, 0.25) is 0 Å². The maximum absolute atomic E-state index is 12.3. The van der Waals surface area contributed by atoms with Crippen molar-refractivity contribution >= 4 is 5.91 Å². The van der Waals surface area contributed by atoms with E-state index in [-0.39, 0.29) is 17.9 Å². The molecule has 2 aliphatic rings. The summed E-state index contributed by atoms with van der Waals surface area (Å²) in [4.78, 5) is 14.3. The first-order valence-corrected chi connectivity index (χ1v) is 6.23. The Morgan fingerprint density at radius 3 is 2.75 bits per heavy atom. The van der Waals surface area contributed by atoms with Crippen LogP contribution in [0.25, 0.3) is 0 Å². The summed E-state index contributed by atoms with van der Waals surface area (Å²) in [5, 5.41) is 3.39. The Bertz CT molecular complexity index is 270. The van der Waals surface area contributed by atoms with Crippen molar-refractivity contribution in [2.75, 3.05) is 19.7 Å². The lowest BCUT2D eigenvalue weighted by Crippen LogP contribution is -2.57. The van der Waals surface area contributed by atoms with Gasteiger partial charge in [-0.2, -0.15) is 0 Å². The Kier molecular flexibility index (Phi) is 3.50. The first kappa shape index (κ1) is 11.9. The minimum Gasteiger partial charge on any atom is -0.378 e. The van der Waals surface area contributed by atoms with Gasteiger partial charge in [0.05, 0.1) is 18.6 Å². The van der Waals surface area contributed by atoms with E-state index in [1.54, 1.807) is 0 Å². The van der Waals surface area contributed by atoms with Crippen LogP contribution >= 0.6 is 0 Å². The van der Waals surface area contributed by atoms with Crippen LogP contribution < -0.4 is 5.32 Å². The van der Waals surface area contributed by atoms with Gasteiger partial charge in [-0.25, -0.2) is 0 Å². The molecule has 4 heteroatoms. The van der Waals surface area contributed by atoms with Gasteiger partial charge in [-0.3, -0.25) is 4.79 Å². The molecule has 1 N–H and O–H groups in total. The fourth-order valence-electron chi connectivity index (χ4n) is 2.55. The van der Waals surface area contributed by atoms with Crippen LogP contribution in [-0.4, -0.2) is 48.7 Å². The van der Waals surface area contributed by atoms with Crippen LogP contribution in [0.4, 0.5) is 0 Å². The highest BCUT2D eigenvalue weighted by Gasteiger charge is 2.35. The molecule has 4 unspecified atom stereocenters. The number of amides is 1. The van der Waals surface area contributed by atoms with Crippen LogP contribution in [0.5, 0.6) is 0 Å². The number of ether oxygens (including phenoxy) is 1. The maximum Gasteiger partial charge on any atom is 0.228 e. The van der Waals surface area contributed by atoms with Crippen molar-refractivity contribution in [3.8, 4) is 0 Å². The highest BCUT2D eigenvalue weighted by Crippen LogP contribution is 2.23. The second-order valence-corrected chi connectivity index (χ2v) is 5.23. The second-order valence-electron chi connectivity index (χ2n) is 5.23. The van der Waals surface area contributed by atoms with E-state index in [1.165, 1.54) is 0 Å². The van der Waals surface area contributed by atoms with Gasteiger partial charge in [0.1, 0.15) is 0 Å². The van der Waals surface area contributed by atoms with E-state index in [9.17, 15) is 4.79 Å². The Hall–Kier alpha value is -0.610. The summed E-state index contributed by atoms with van der Waals surface area (Å²) >= 11 is 0. The molecule has 4 nitrogen and oxygen atoms in total. The van der Waals surface area contributed by atoms with Crippen molar-refractivity contribution in [1.82, 2.24) is 10.2 Å². The molecule has 2 aliphatic heterocycles. The Labute approximate surface area is 97.3 Å². The fraction of sp³-hybridized carbons (Fsp3) is 0.917. The van der Waals surface area contributed by atoms with E-state index in [2.05, 4.69) is 19.2 Å². The average molecular weight is 226 g/mol. The summed E-state index contributed by atoms with van der Waals surface area (Å²) in [6.07, 6.45) is 1.12. The summed E-state index contributed by atoms with van der Waals surface area (Å²) in [5.41, 5.74) is 0. The molecule has 2 rings (SSSR count). The van der Waals surface area contributed by atoms with E-state index >= 15 is 0 Å². The average Bonchev–Trinajstić information content (AvgIpc) is 2.67. The molecule has 2 saturated heterocycles. The molecule has 0 aliphatic carbocycles. The summed E-state index contributed by atoms with van der Waals surface area (Å²) in [6, 6.07) is 0.708. The van der Waals surface area contributed by atoms with Crippen molar-refractivity contribution in [2.24, 2.45) is 5.92 Å². The standard InChI is InChI=1S/C12H22N2O2/c1-8-6-14(9(2)5-13-8)12(15)11-4-10(3)16-7-11/h8-11,13H,4-7H2,1-3H3. The van der Waals surface area contributed by atoms with Gasteiger partial charge >= 0.3 is 0 Å². The molecule has 2 fully saturated rings. The van der Waals surface area contributed by atoms with Gasteiger partial charge in [-0.1, -0.05) is 0 Å². The van der Waals surface area contributed by atoms with Crippen LogP contribution in [0.3, 0.4) is 0 Å². The molecule has 0 aromatic carbocycles. The quantitative estimate of drug-likeness (QED) is 0.712. The third kappa shape index (κ3) is 2.38. The molecule has 0 bridgehead atoms. The first-order chi connectivity index (χ1) is 7.58. The molecule has 92 valence electrons. The predicted octanol–water partition coefficient (Wildman–Crippen LogP) is 0.620. The van der Waals surface area contributed by atoms with E-state index in [1.807, 2.05) is 11.8 Å². The Balaban J connectivity index is 1.97. The summed E-state index contributed by atoms with van der Waals surface area (Å²) < 4.78 is 5.48. The normalized spacial score (nSPS) is 40.1. The van der Waals surface area contributed by atoms with Crippen molar-refractivity contribution < 1.29 is 9.53 Å². The van der Waals surface area contributed by atoms with Crippen LogP contribution in [0.15, 0.2) is 0 Å². The van der Waals surface area contributed by atoms with E-state index in [4.69, 9.17) is 4.74 Å². The van der Waals surface area contributed by atoms with E-state index in [0.717, 1.165) is 19.5 Å². The number of rotatable bonds is 1. The SMILES string of the molecule is CC1CN(C(=O)C2COC(C)C2)C(C)CN1. The number of nitrogens with one attached hydrogen (secondary N) is 1. The zero-order valence-electron chi connectivity index (χ0n) is 10.4. The molecule has 0 saturated carbocycles. The number of hydrogen-bond acceptors (Lipinski definition) is 3. The smallest absolute Gasteiger partial charge is 0.228 e. The fourth-order valence-corrected chi connectivity index (χ4v) is 2.55. The molecular weight excluding hydrogens is 204 g/mol. The monoisotopic (exact) mass is 226 g/mol. The Morgan fingerprint density at radius 1 is 1.38 bits per heavy atom. The number of carbonyl (C=O) groups is 1. The first-order valence-electron chi connectivity index (χ1n) is 6.23. The van der Waals surface area contributed by atoms with Gasteiger partial charge in [-0.15, -0.1) is 0 Å². The topological polar surface area (TPSA) is 41.6 Å². The number of carbonyl (C=O) groups excluding carboxylic acids is 1. The van der Waals surface area contributed by atoms with Crippen molar-refractivity contribution in [3.05, 3.63) is 0 Å². The van der Waals surface area contributed by atoms with Crippen molar-refractivity contribution in [2.45, 2.75) is 45.4 Å². The van der Waals surface area contributed by atoms with Crippen LogP contribution in [0.1, 0.15) is 27.2 Å². The van der Waals surface area contributed by atoms with Gasteiger partial charge in [0.25, 0.3) is 0 Å². The molecule has 0 aromatic rings. The lowest BCUT2D eigenvalue weighted by atomic mass is 10.0. The number of piperazine rings is 1. The highest BCUT2D eigenvalue weighted by atomic mass is 16.5. The lowest BCUT2D eigenvalue weighted by molar-refractivity contribution is -0.139. The second kappa shape index (κ2) is 4.72. The summed E-state index contributed by atoms with van der Waals surface area (Å²) in [6.45, 7) is 8.60. The van der Waals surface area contributed by atoms with Gasteiger partial charge in [-0.05, 0) is 27.2 Å². The molecule has 1 amide bonds. The molecule has 0 aromatic heterocycles. The van der Waals surface area contributed by atoms with Crippen molar-refractivity contribution in [1.29, 1.82) is 0 Å². The van der Waals surface area contributed by atoms with Gasteiger partial charge in [0.2, 0.25) is 5.91 Å². The number of hydrogen-bond donors (Lipinski definition) is 1. The zero-order chi connectivity index (χ0) is 11.7. The highest BCUT2D eigenvalue weighted by molar-refractivity contribution is 5.79. The van der Waals surface area contributed by atoms with E-state index < -0.39 is 0 Å². The molecule has 4 atom stereocenters. The predicted molar refractivity (Wildman–Crippen MR) is 62.2 cm³/mol. The van der Waals surface area contributed by atoms with Crippen molar-refractivity contribution in [3.63, 3.8) is 0 Å². The van der Waals surface area contributed by atoms with Gasteiger partial charge < -0.3 is 15.0 Å². The third-order valence-corrected chi connectivity index (χ3v) is 3.60. The molecule has 16 heavy (non-hydrogen) atoms. The minimum absolute atomic E-state index is 0.0859.